The molecular formula is C18H32N2. The summed E-state index contributed by atoms with van der Waals surface area (Å²) in [5.41, 5.74) is 3.05. The predicted octanol–water partition coefficient (Wildman–Crippen LogP) is 4.16. The van der Waals surface area contributed by atoms with Gasteiger partial charge >= 0.3 is 0 Å². The van der Waals surface area contributed by atoms with Crippen molar-refractivity contribution in [2.24, 2.45) is 0 Å². The van der Waals surface area contributed by atoms with Gasteiger partial charge in [0.2, 0.25) is 0 Å². The van der Waals surface area contributed by atoms with E-state index in [1.54, 1.807) is 0 Å². The number of aryl methyl sites for hydroxylation is 1. The van der Waals surface area contributed by atoms with E-state index in [-0.39, 0.29) is 5.54 Å². The summed E-state index contributed by atoms with van der Waals surface area (Å²) in [6, 6.07) is 9.15. The number of nitrogens with one attached hydrogen (secondary N) is 1. The average molecular weight is 276 g/mol. The van der Waals surface area contributed by atoms with Crippen molar-refractivity contribution in [1.82, 2.24) is 10.2 Å². The summed E-state index contributed by atoms with van der Waals surface area (Å²) in [5, 5.41) is 3.71. The first kappa shape index (κ1) is 17.2. The maximum absolute atomic E-state index is 3.71. The average Bonchev–Trinajstić information content (AvgIpc) is 2.43. The molecule has 0 saturated carbocycles. The number of nitrogens with zero attached hydrogens (tertiary/aromatic N) is 1. The Morgan fingerprint density at radius 3 is 2.40 bits per heavy atom. The van der Waals surface area contributed by atoms with Crippen molar-refractivity contribution in [1.29, 1.82) is 0 Å². The molecule has 20 heavy (non-hydrogen) atoms. The lowest BCUT2D eigenvalue weighted by atomic mass is 9.96. The minimum Gasteiger partial charge on any atom is -0.309 e. The second-order valence-electron chi connectivity index (χ2n) is 6.41. The normalized spacial score (nSPS) is 13.8. The van der Waals surface area contributed by atoms with Gasteiger partial charge in [-0.3, -0.25) is 4.90 Å². The van der Waals surface area contributed by atoms with E-state index in [0.717, 1.165) is 19.5 Å². The summed E-state index contributed by atoms with van der Waals surface area (Å²) < 4.78 is 0. The predicted molar refractivity (Wildman–Crippen MR) is 89.2 cm³/mol. The third-order valence-corrected chi connectivity index (χ3v) is 4.56. The third kappa shape index (κ3) is 4.60. The van der Waals surface area contributed by atoms with Gasteiger partial charge in [0.15, 0.2) is 0 Å². The van der Waals surface area contributed by atoms with Gasteiger partial charge < -0.3 is 5.32 Å². The van der Waals surface area contributed by atoms with Crippen molar-refractivity contribution in [2.75, 3.05) is 20.1 Å². The van der Waals surface area contributed by atoms with Crippen LogP contribution in [0, 0.1) is 6.92 Å². The molecular weight excluding hydrogens is 244 g/mol. The SMILES string of the molecule is CCCNC(CN(C)C(C)(C)CC)c1ccccc1C. The highest BCUT2D eigenvalue weighted by Gasteiger charge is 2.24. The zero-order chi connectivity index (χ0) is 15.2. The van der Waals surface area contributed by atoms with Gasteiger partial charge in [-0.25, -0.2) is 0 Å². The molecule has 0 fully saturated rings. The highest BCUT2D eigenvalue weighted by atomic mass is 15.2. The van der Waals surface area contributed by atoms with Crippen LogP contribution in [0.4, 0.5) is 0 Å². The van der Waals surface area contributed by atoms with E-state index in [9.17, 15) is 0 Å². The van der Waals surface area contributed by atoms with Crippen LogP contribution in [0.3, 0.4) is 0 Å². The molecule has 0 aliphatic heterocycles. The highest BCUT2D eigenvalue weighted by Crippen LogP contribution is 2.23. The highest BCUT2D eigenvalue weighted by molar-refractivity contribution is 5.29. The van der Waals surface area contributed by atoms with Crippen LogP contribution in [0.25, 0.3) is 0 Å². The summed E-state index contributed by atoms with van der Waals surface area (Å²) >= 11 is 0. The first-order valence-corrected chi connectivity index (χ1v) is 7.92. The Kier molecular flexibility index (Phi) is 6.70. The van der Waals surface area contributed by atoms with Crippen molar-refractivity contribution in [3.05, 3.63) is 35.4 Å². The van der Waals surface area contributed by atoms with E-state index in [2.05, 4.69) is 76.1 Å². The number of likely N-dealkylation sites (N-methyl/N-ethyl adjacent to an activating group) is 1. The van der Waals surface area contributed by atoms with Gasteiger partial charge in [-0.2, -0.15) is 0 Å². The standard InChI is InChI=1S/C18H32N2/c1-7-13-19-17(14-20(6)18(4,5)8-2)16-12-10-9-11-15(16)3/h9-12,17,19H,7-8,13-14H2,1-6H3. The molecule has 0 aliphatic rings. The second-order valence-corrected chi connectivity index (χ2v) is 6.41. The molecule has 2 nitrogen and oxygen atoms in total. The third-order valence-electron chi connectivity index (χ3n) is 4.56. The van der Waals surface area contributed by atoms with Crippen LogP contribution in [0.5, 0.6) is 0 Å². The van der Waals surface area contributed by atoms with Crippen LogP contribution >= 0.6 is 0 Å². The lowest BCUT2D eigenvalue weighted by Gasteiger charge is -2.38. The molecule has 1 atom stereocenters. The molecule has 1 N–H and O–H groups in total. The minimum atomic E-state index is 0.245. The second kappa shape index (κ2) is 7.80. The minimum absolute atomic E-state index is 0.245. The lowest BCUT2D eigenvalue weighted by Crippen LogP contribution is -2.45. The van der Waals surface area contributed by atoms with Crippen LogP contribution in [0.1, 0.15) is 57.7 Å². The van der Waals surface area contributed by atoms with E-state index in [1.165, 1.54) is 17.5 Å². The number of benzene rings is 1. The van der Waals surface area contributed by atoms with Crippen molar-refractivity contribution < 1.29 is 0 Å². The Morgan fingerprint density at radius 2 is 1.85 bits per heavy atom. The topological polar surface area (TPSA) is 15.3 Å². The van der Waals surface area contributed by atoms with Crippen LogP contribution < -0.4 is 5.32 Å². The van der Waals surface area contributed by atoms with E-state index >= 15 is 0 Å². The monoisotopic (exact) mass is 276 g/mol. The van der Waals surface area contributed by atoms with Crippen molar-refractivity contribution >= 4 is 0 Å². The van der Waals surface area contributed by atoms with Crippen LogP contribution in [-0.2, 0) is 0 Å². The Labute approximate surface area is 125 Å². The Bertz CT molecular complexity index is 398. The maximum Gasteiger partial charge on any atom is 0.0452 e. The summed E-state index contributed by atoms with van der Waals surface area (Å²) in [4.78, 5) is 2.48. The molecule has 0 saturated heterocycles. The number of hydrogen-bond acceptors (Lipinski definition) is 2. The molecule has 1 aromatic rings. The number of hydrogen-bond donors (Lipinski definition) is 1. The number of rotatable bonds is 8. The lowest BCUT2D eigenvalue weighted by molar-refractivity contribution is 0.135. The summed E-state index contributed by atoms with van der Waals surface area (Å²) in [7, 11) is 2.24. The van der Waals surface area contributed by atoms with Gasteiger partial charge in [0, 0.05) is 18.1 Å². The zero-order valence-corrected chi connectivity index (χ0v) is 14.2. The molecule has 0 spiro atoms. The van der Waals surface area contributed by atoms with Gasteiger partial charge in [0.05, 0.1) is 0 Å². The van der Waals surface area contributed by atoms with Gasteiger partial charge in [-0.05, 0) is 58.3 Å². The fraction of sp³-hybridized carbons (Fsp3) is 0.667. The zero-order valence-electron chi connectivity index (χ0n) is 14.2. The van der Waals surface area contributed by atoms with Gasteiger partial charge in [-0.15, -0.1) is 0 Å². The molecule has 0 amide bonds. The largest absolute Gasteiger partial charge is 0.309 e. The first-order valence-electron chi connectivity index (χ1n) is 7.92. The smallest absolute Gasteiger partial charge is 0.0452 e. The molecule has 0 aromatic heterocycles. The van der Waals surface area contributed by atoms with Crippen molar-refractivity contribution in [2.45, 2.75) is 59.0 Å². The maximum atomic E-state index is 3.71. The van der Waals surface area contributed by atoms with E-state index < -0.39 is 0 Å². The van der Waals surface area contributed by atoms with Crippen molar-refractivity contribution in [3.8, 4) is 0 Å². The van der Waals surface area contributed by atoms with Crippen LogP contribution in [-0.4, -0.2) is 30.6 Å². The van der Waals surface area contributed by atoms with Crippen molar-refractivity contribution in [3.63, 3.8) is 0 Å². The van der Waals surface area contributed by atoms with E-state index in [1.807, 2.05) is 0 Å². The Balaban J connectivity index is 2.88. The summed E-state index contributed by atoms with van der Waals surface area (Å²) in [5.74, 6) is 0. The molecule has 114 valence electrons. The molecule has 1 unspecified atom stereocenters. The van der Waals surface area contributed by atoms with E-state index in [0.29, 0.717) is 6.04 Å². The summed E-state index contributed by atoms with van der Waals surface area (Å²) in [6.45, 7) is 13.5. The van der Waals surface area contributed by atoms with E-state index in [4.69, 9.17) is 0 Å². The quantitative estimate of drug-likeness (QED) is 0.767. The molecule has 0 heterocycles. The fourth-order valence-electron chi connectivity index (χ4n) is 2.36. The van der Waals surface area contributed by atoms with Crippen LogP contribution in [0.15, 0.2) is 24.3 Å². The first-order chi connectivity index (χ1) is 9.42. The molecule has 1 aromatic carbocycles. The van der Waals surface area contributed by atoms with Gasteiger partial charge in [-0.1, -0.05) is 38.1 Å². The molecule has 1 rings (SSSR count). The van der Waals surface area contributed by atoms with Gasteiger partial charge in [0.25, 0.3) is 0 Å². The van der Waals surface area contributed by atoms with Crippen LogP contribution in [0.2, 0.25) is 0 Å². The Hall–Kier alpha value is -0.860. The molecule has 2 heteroatoms. The molecule has 0 radical (unpaired) electrons. The Morgan fingerprint density at radius 1 is 1.20 bits per heavy atom. The van der Waals surface area contributed by atoms with Gasteiger partial charge in [0.1, 0.15) is 0 Å². The fourth-order valence-corrected chi connectivity index (χ4v) is 2.36. The summed E-state index contributed by atoms with van der Waals surface area (Å²) in [6.07, 6.45) is 2.33. The molecule has 0 aliphatic carbocycles. The molecule has 0 bridgehead atoms.